The summed E-state index contributed by atoms with van der Waals surface area (Å²) in [6.07, 6.45) is 3.28. The molecule has 0 aliphatic rings. The molecule has 0 aliphatic carbocycles. The quantitative estimate of drug-likeness (QED) is 0.385. The molecule has 3 aromatic rings. The average Bonchev–Trinajstić information content (AvgIpc) is 3.25. The van der Waals surface area contributed by atoms with Gasteiger partial charge < -0.3 is 14.1 Å². The summed E-state index contributed by atoms with van der Waals surface area (Å²) in [5.41, 5.74) is 3.99. The molecular formula is C24H26ClN3O4. The van der Waals surface area contributed by atoms with Crippen LogP contribution in [0.25, 0.3) is 6.08 Å². The van der Waals surface area contributed by atoms with Crippen LogP contribution in [0.5, 0.6) is 0 Å². The molecule has 32 heavy (non-hydrogen) atoms. The summed E-state index contributed by atoms with van der Waals surface area (Å²) in [6, 6.07) is 9.25. The summed E-state index contributed by atoms with van der Waals surface area (Å²) in [6.45, 7) is 6.33. The van der Waals surface area contributed by atoms with Crippen molar-refractivity contribution >= 4 is 29.6 Å². The van der Waals surface area contributed by atoms with Crippen LogP contribution in [0.1, 0.15) is 44.4 Å². The zero-order valence-corrected chi connectivity index (χ0v) is 19.6. The molecule has 3 rings (SSSR count). The molecule has 0 spiro atoms. The van der Waals surface area contributed by atoms with Crippen LogP contribution in [0.15, 0.2) is 40.8 Å². The highest BCUT2D eigenvalue weighted by atomic mass is 35.5. The monoisotopic (exact) mass is 455 g/mol. The minimum absolute atomic E-state index is 0.198. The van der Waals surface area contributed by atoms with Gasteiger partial charge in [0.05, 0.1) is 25.9 Å². The van der Waals surface area contributed by atoms with E-state index in [9.17, 15) is 9.59 Å². The Balaban J connectivity index is 1.70. The number of nitrogens with zero attached hydrogens (tertiary/aromatic N) is 3. The number of benzene rings is 1. The number of aryl methyl sites for hydroxylation is 2. The van der Waals surface area contributed by atoms with Crippen LogP contribution in [0.4, 0.5) is 0 Å². The Labute approximate surface area is 192 Å². The number of carbonyl (C=O) groups is 2. The van der Waals surface area contributed by atoms with Crippen LogP contribution >= 0.6 is 11.6 Å². The molecule has 0 radical (unpaired) electrons. The molecule has 0 saturated heterocycles. The molecule has 0 bridgehead atoms. The second-order valence-corrected chi connectivity index (χ2v) is 7.94. The van der Waals surface area contributed by atoms with Crippen molar-refractivity contribution in [2.45, 2.75) is 33.9 Å². The van der Waals surface area contributed by atoms with E-state index in [0.717, 1.165) is 22.5 Å². The molecule has 1 amide bonds. The zero-order chi connectivity index (χ0) is 23.4. The lowest BCUT2D eigenvalue weighted by atomic mass is 10.1. The minimum atomic E-state index is -0.467. The van der Waals surface area contributed by atoms with Gasteiger partial charge in [-0.3, -0.25) is 9.48 Å². The van der Waals surface area contributed by atoms with E-state index in [2.05, 4.69) is 5.10 Å². The zero-order valence-electron chi connectivity index (χ0n) is 18.8. The lowest BCUT2D eigenvalue weighted by Crippen LogP contribution is -2.23. The van der Waals surface area contributed by atoms with Crippen molar-refractivity contribution in [1.82, 2.24) is 14.7 Å². The number of hydrogen-bond acceptors (Lipinski definition) is 5. The van der Waals surface area contributed by atoms with Crippen molar-refractivity contribution in [2.75, 3.05) is 14.2 Å². The van der Waals surface area contributed by atoms with Crippen molar-refractivity contribution < 1.29 is 18.7 Å². The van der Waals surface area contributed by atoms with Crippen LogP contribution in [0.2, 0.25) is 5.02 Å². The Morgan fingerprint density at radius 2 is 1.97 bits per heavy atom. The number of aromatic nitrogens is 2. The standard InChI is InChI=1S/C24H26ClN3O4/c1-15-20(16(2)28(26-15)13-18-8-6-7-9-22(18)25)10-11-23(29)27(4)14-19-12-21(17(3)32-19)24(30)31-5/h6-12H,13-14H2,1-5H3/b11-10+. The maximum Gasteiger partial charge on any atom is 0.341 e. The first-order valence-corrected chi connectivity index (χ1v) is 10.5. The summed E-state index contributed by atoms with van der Waals surface area (Å²) in [5.74, 6) is 0.301. The van der Waals surface area contributed by atoms with Gasteiger partial charge in [-0.15, -0.1) is 0 Å². The Kier molecular flexibility index (Phi) is 7.20. The van der Waals surface area contributed by atoms with E-state index in [0.29, 0.717) is 28.7 Å². The number of esters is 1. The Morgan fingerprint density at radius 1 is 1.25 bits per heavy atom. The van der Waals surface area contributed by atoms with Gasteiger partial charge in [-0.1, -0.05) is 29.8 Å². The molecule has 0 atom stereocenters. The van der Waals surface area contributed by atoms with Gasteiger partial charge in [0.1, 0.15) is 17.1 Å². The van der Waals surface area contributed by atoms with Crippen molar-refractivity contribution in [2.24, 2.45) is 0 Å². The second-order valence-electron chi connectivity index (χ2n) is 7.54. The normalized spacial score (nSPS) is 11.2. The van der Waals surface area contributed by atoms with E-state index in [1.54, 1.807) is 26.1 Å². The first kappa shape index (κ1) is 23.3. The summed E-state index contributed by atoms with van der Waals surface area (Å²) < 4.78 is 12.2. The predicted octanol–water partition coefficient (Wildman–Crippen LogP) is 4.56. The first-order chi connectivity index (χ1) is 15.2. The van der Waals surface area contributed by atoms with E-state index in [1.165, 1.54) is 18.1 Å². The van der Waals surface area contributed by atoms with Gasteiger partial charge in [0.15, 0.2) is 0 Å². The summed E-state index contributed by atoms with van der Waals surface area (Å²) >= 11 is 6.28. The third kappa shape index (κ3) is 5.11. The molecule has 0 saturated carbocycles. The Morgan fingerprint density at radius 3 is 2.66 bits per heavy atom. The predicted molar refractivity (Wildman–Crippen MR) is 123 cm³/mol. The van der Waals surface area contributed by atoms with Gasteiger partial charge in [-0.25, -0.2) is 4.79 Å². The molecule has 2 heterocycles. The van der Waals surface area contributed by atoms with Gasteiger partial charge in [-0.05, 0) is 44.5 Å². The highest BCUT2D eigenvalue weighted by Crippen LogP contribution is 2.21. The molecule has 8 heteroatoms. The molecule has 7 nitrogen and oxygen atoms in total. The number of halogens is 1. The van der Waals surface area contributed by atoms with Crippen molar-refractivity contribution in [3.8, 4) is 0 Å². The van der Waals surface area contributed by atoms with Crippen LogP contribution in [-0.4, -0.2) is 40.7 Å². The maximum atomic E-state index is 12.6. The summed E-state index contributed by atoms with van der Waals surface area (Å²) in [4.78, 5) is 25.9. The topological polar surface area (TPSA) is 77.6 Å². The number of rotatable bonds is 7. The number of methoxy groups -OCH3 is 1. The largest absolute Gasteiger partial charge is 0.465 e. The lowest BCUT2D eigenvalue weighted by molar-refractivity contribution is -0.125. The molecule has 1 aromatic carbocycles. The van der Waals surface area contributed by atoms with Crippen LogP contribution in [0.3, 0.4) is 0 Å². The molecular weight excluding hydrogens is 430 g/mol. The highest BCUT2D eigenvalue weighted by molar-refractivity contribution is 6.31. The van der Waals surface area contributed by atoms with Crippen molar-refractivity contribution in [3.63, 3.8) is 0 Å². The third-order valence-electron chi connectivity index (χ3n) is 5.25. The average molecular weight is 456 g/mol. The fourth-order valence-corrected chi connectivity index (χ4v) is 3.62. The van der Waals surface area contributed by atoms with Gasteiger partial charge in [-0.2, -0.15) is 5.10 Å². The van der Waals surface area contributed by atoms with Crippen LogP contribution < -0.4 is 0 Å². The van der Waals surface area contributed by atoms with Crippen molar-refractivity contribution in [3.05, 3.63) is 81.0 Å². The van der Waals surface area contributed by atoms with Crippen molar-refractivity contribution in [1.29, 1.82) is 0 Å². The summed E-state index contributed by atoms with van der Waals surface area (Å²) in [5, 5.41) is 5.29. The third-order valence-corrected chi connectivity index (χ3v) is 5.62. The second kappa shape index (κ2) is 9.87. The fraction of sp³-hybridized carbons (Fsp3) is 0.292. The molecule has 0 unspecified atom stereocenters. The molecule has 0 fully saturated rings. The smallest absolute Gasteiger partial charge is 0.341 e. The van der Waals surface area contributed by atoms with E-state index < -0.39 is 5.97 Å². The Bertz CT molecular complexity index is 1180. The number of ether oxygens (including phenoxy) is 1. The maximum absolute atomic E-state index is 12.6. The molecule has 0 aliphatic heterocycles. The molecule has 0 N–H and O–H groups in total. The van der Waals surface area contributed by atoms with Gasteiger partial charge in [0, 0.05) is 29.4 Å². The van der Waals surface area contributed by atoms with E-state index in [1.807, 2.05) is 42.8 Å². The molecule has 168 valence electrons. The SMILES string of the molecule is COC(=O)c1cc(CN(C)C(=O)/C=C/c2c(C)nn(Cc3ccccc3Cl)c2C)oc1C. The van der Waals surface area contributed by atoms with Crippen LogP contribution in [0, 0.1) is 20.8 Å². The lowest BCUT2D eigenvalue weighted by Gasteiger charge is -2.13. The fourth-order valence-electron chi connectivity index (χ4n) is 3.42. The van der Waals surface area contributed by atoms with Gasteiger partial charge in [0.2, 0.25) is 5.91 Å². The Hall–Kier alpha value is -3.32. The van der Waals surface area contributed by atoms with E-state index in [4.69, 9.17) is 20.8 Å². The van der Waals surface area contributed by atoms with Gasteiger partial charge in [0.25, 0.3) is 0 Å². The number of hydrogen-bond donors (Lipinski definition) is 0. The summed E-state index contributed by atoms with van der Waals surface area (Å²) in [7, 11) is 2.98. The minimum Gasteiger partial charge on any atom is -0.465 e. The number of likely N-dealkylation sites (N-methyl/N-ethyl adjacent to an activating group) is 1. The number of amides is 1. The van der Waals surface area contributed by atoms with E-state index in [-0.39, 0.29) is 12.5 Å². The van der Waals surface area contributed by atoms with Gasteiger partial charge >= 0.3 is 5.97 Å². The first-order valence-electron chi connectivity index (χ1n) is 10.1. The number of furan rings is 1. The highest BCUT2D eigenvalue weighted by Gasteiger charge is 2.17. The number of carbonyl (C=O) groups excluding carboxylic acids is 2. The molecule has 2 aromatic heterocycles. The van der Waals surface area contributed by atoms with E-state index >= 15 is 0 Å². The van der Waals surface area contributed by atoms with Crippen LogP contribution in [-0.2, 0) is 22.6 Å².